The van der Waals surface area contributed by atoms with Gasteiger partial charge in [0, 0.05) is 16.3 Å². The van der Waals surface area contributed by atoms with Gasteiger partial charge in [0.25, 0.3) is 0 Å². The Bertz CT molecular complexity index is 869. The molecule has 4 aromatic rings. The molecule has 0 fully saturated rings. The summed E-state index contributed by atoms with van der Waals surface area (Å²) in [6.45, 7) is 0. The Morgan fingerprint density at radius 3 is 2.68 bits per heavy atom. The number of aromatic nitrogens is 3. The second-order valence-electron chi connectivity index (χ2n) is 4.30. The van der Waals surface area contributed by atoms with Crippen molar-refractivity contribution in [3.05, 3.63) is 54.0 Å². The van der Waals surface area contributed by atoms with Crippen molar-refractivity contribution < 1.29 is 0 Å². The number of pyridine rings is 1. The van der Waals surface area contributed by atoms with Crippen LogP contribution in [0, 0.1) is 0 Å². The maximum Gasteiger partial charge on any atom is 0.148 e. The zero-order chi connectivity index (χ0) is 12.7. The molecule has 2 aromatic carbocycles. The number of benzene rings is 2. The summed E-state index contributed by atoms with van der Waals surface area (Å²) < 4.78 is 0. The molecule has 0 spiro atoms. The third kappa shape index (κ3) is 1.69. The van der Waals surface area contributed by atoms with E-state index in [2.05, 4.69) is 28.4 Å². The van der Waals surface area contributed by atoms with Crippen molar-refractivity contribution in [3.8, 4) is 10.6 Å². The highest BCUT2D eigenvalue weighted by atomic mass is 32.1. The maximum absolute atomic E-state index is 4.70. The molecule has 0 aliphatic carbocycles. The van der Waals surface area contributed by atoms with E-state index in [0.717, 1.165) is 32.4 Å². The number of nitrogens with zero attached hydrogens (tertiary/aromatic N) is 3. The van der Waals surface area contributed by atoms with Gasteiger partial charge in [-0.05, 0) is 18.2 Å². The summed E-state index contributed by atoms with van der Waals surface area (Å²) in [5.41, 5.74) is 4.86. The molecule has 0 aliphatic heterocycles. The minimum atomic E-state index is 0.933. The van der Waals surface area contributed by atoms with E-state index >= 15 is 0 Å². The molecular weight excluding hydrogens is 254 g/mol. The third-order valence-corrected chi connectivity index (χ3v) is 3.88. The standard InChI is InChI=1S/C15H9N3S/c1-2-6-13-10(4-1)8-12-11(15-18-16-9-19-15)5-3-7-14(12)17-13/h1-9H. The molecule has 3 nitrogen and oxygen atoms in total. The first-order valence-corrected chi connectivity index (χ1v) is 6.85. The molecule has 0 amide bonds. The van der Waals surface area contributed by atoms with Gasteiger partial charge in [-0.3, -0.25) is 0 Å². The fourth-order valence-electron chi connectivity index (χ4n) is 2.28. The van der Waals surface area contributed by atoms with Gasteiger partial charge in [-0.25, -0.2) is 4.98 Å². The van der Waals surface area contributed by atoms with Gasteiger partial charge in [-0.1, -0.05) is 41.7 Å². The second kappa shape index (κ2) is 4.10. The van der Waals surface area contributed by atoms with Crippen molar-refractivity contribution in [1.82, 2.24) is 15.2 Å². The lowest BCUT2D eigenvalue weighted by atomic mass is 10.1. The number of rotatable bonds is 1. The van der Waals surface area contributed by atoms with Crippen LogP contribution in [0.3, 0.4) is 0 Å². The summed E-state index contributed by atoms with van der Waals surface area (Å²) in [5.74, 6) is 0. The summed E-state index contributed by atoms with van der Waals surface area (Å²) in [7, 11) is 0. The Labute approximate surface area is 113 Å². The van der Waals surface area contributed by atoms with Crippen LogP contribution in [0.25, 0.3) is 32.4 Å². The first-order chi connectivity index (χ1) is 9.42. The summed E-state index contributed by atoms with van der Waals surface area (Å²) >= 11 is 1.55. The van der Waals surface area contributed by atoms with Crippen LogP contribution in [0.4, 0.5) is 0 Å². The number of para-hydroxylation sites is 1. The topological polar surface area (TPSA) is 38.7 Å². The van der Waals surface area contributed by atoms with Gasteiger partial charge in [-0.15, -0.1) is 10.2 Å². The predicted molar refractivity (Wildman–Crippen MR) is 78.2 cm³/mol. The van der Waals surface area contributed by atoms with E-state index in [-0.39, 0.29) is 0 Å². The Hall–Kier alpha value is -2.33. The molecule has 0 radical (unpaired) electrons. The Morgan fingerprint density at radius 2 is 1.79 bits per heavy atom. The van der Waals surface area contributed by atoms with E-state index in [9.17, 15) is 0 Å². The second-order valence-corrected chi connectivity index (χ2v) is 5.13. The van der Waals surface area contributed by atoms with E-state index in [1.54, 1.807) is 16.8 Å². The first kappa shape index (κ1) is 10.6. The largest absolute Gasteiger partial charge is 0.248 e. The molecule has 0 atom stereocenters. The molecule has 90 valence electrons. The van der Waals surface area contributed by atoms with Gasteiger partial charge < -0.3 is 0 Å². The van der Waals surface area contributed by atoms with Crippen molar-refractivity contribution in [2.45, 2.75) is 0 Å². The average molecular weight is 263 g/mol. The van der Waals surface area contributed by atoms with Gasteiger partial charge in [0.05, 0.1) is 11.0 Å². The van der Waals surface area contributed by atoms with Gasteiger partial charge in [-0.2, -0.15) is 0 Å². The van der Waals surface area contributed by atoms with Gasteiger partial charge in [0.2, 0.25) is 0 Å². The molecular formula is C15H9N3S. The van der Waals surface area contributed by atoms with Crippen molar-refractivity contribution >= 4 is 33.1 Å². The molecule has 2 aromatic heterocycles. The zero-order valence-corrected chi connectivity index (χ0v) is 10.8. The van der Waals surface area contributed by atoms with Gasteiger partial charge in [0.15, 0.2) is 0 Å². The minimum absolute atomic E-state index is 0.933. The number of hydrogen-bond acceptors (Lipinski definition) is 4. The number of hydrogen-bond donors (Lipinski definition) is 0. The lowest BCUT2D eigenvalue weighted by Gasteiger charge is -2.05. The fraction of sp³-hybridized carbons (Fsp3) is 0. The van der Waals surface area contributed by atoms with Crippen LogP contribution in [-0.4, -0.2) is 15.2 Å². The molecule has 4 rings (SSSR count). The molecule has 0 unspecified atom stereocenters. The number of fused-ring (bicyclic) bond motifs is 2. The summed E-state index contributed by atoms with van der Waals surface area (Å²) in [5, 5.41) is 11.3. The van der Waals surface area contributed by atoms with Crippen LogP contribution in [0.2, 0.25) is 0 Å². The summed E-state index contributed by atoms with van der Waals surface area (Å²) in [6.07, 6.45) is 0. The zero-order valence-electron chi connectivity index (χ0n) is 9.95. The maximum atomic E-state index is 4.70. The van der Waals surface area contributed by atoms with Crippen molar-refractivity contribution in [2.24, 2.45) is 0 Å². The van der Waals surface area contributed by atoms with E-state index in [0.29, 0.717) is 0 Å². The Morgan fingerprint density at radius 1 is 0.895 bits per heavy atom. The SMILES string of the molecule is c1ccc2nc3cccc(-c4nncs4)c3cc2c1. The fourth-order valence-corrected chi connectivity index (χ4v) is 2.87. The highest BCUT2D eigenvalue weighted by Crippen LogP contribution is 2.30. The van der Waals surface area contributed by atoms with Crippen LogP contribution in [0.5, 0.6) is 0 Å². The van der Waals surface area contributed by atoms with Gasteiger partial charge in [0.1, 0.15) is 10.5 Å². The van der Waals surface area contributed by atoms with Crippen LogP contribution in [-0.2, 0) is 0 Å². The lowest BCUT2D eigenvalue weighted by molar-refractivity contribution is 1.10. The highest BCUT2D eigenvalue weighted by molar-refractivity contribution is 7.12. The molecule has 19 heavy (non-hydrogen) atoms. The van der Waals surface area contributed by atoms with Crippen molar-refractivity contribution in [3.63, 3.8) is 0 Å². The lowest BCUT2D eigenvalue weighted by Crippen LogP contribution is -1.85. The molecule has 0 saturated carbocycles. The first-order valence-electron chi connectivity index (χ1n) is 5.97. The van der Waals surface area contributed by atoms with E-state index in [4.69, 9.17) is 4.98 Å². The molecule has 0 N–H and O–H groups in total. The average Bonchev–Trinajstić information content (AvgIpc) is 2.98. The molecule has 0 aliphatic rings. The Kier molecular flexibility index (Phi) is 2.28. The molecule has 0 bridgehead atoms. The third-order valence-electron chi connectivity index (χ3n) is 3.15. The van der Waals surface area contributed by atoms with Gasteiger partial charge >= 0.3 is 0 Å². The molecule has 0 saturated heterocycles. The van der Waals surface area contributed by atoms with Crippen LogP contribution in [0.15, 0.2) is 54.0 Å². The van der Waals surface area contributed by atoms with Crippen molar-refractivity contribution in [2.75, 3.05) is 0 Å². The predicted octanol–water partition coefficient (Wildman–Crippen LogP) is 3.91. The van der Waals surface area contributed by atoms with Crippen LogP contribution >= 0.6 is 11.3 Å². The van der Waals surface area contributed by atoms with E-state index in [1.807, 2.05) is 30.3 Å². The van der Waals surface area contributed by atoms with E-state index in [1.165, 1.54) is 0 Å². The quantitative estimate of drug-likeness (QED) is 0.489. The monoisotopic (exact) mass is 263 g/mol. The van der Waals surface area contributed by atoms with Crippen LogP contribution < -0.4 is 0 Å². The molecule has 2 heterocycles. The van der Waals surface area contributed by atoms with Crippen molar-refractivity contribution in [1.29, 1.82) is 0 Å². The highest BCUT2D eigenvalue weighted by Gasteiger charge is 2.08. The molecule has 4 heteroatoms. The van der Waals surface area contributed by atoms with Crippen LogP contribution in [0.1, 0.15) is 0 Å². The normalized spacial score (nSPS) is 11.2. The van der Waals surface area contributed by atoms with E-state index < -0.39 is 0 Å². The smallest absolute Gasteiger partial charge is 0.148 e. The summed E-state index contributed by atoms with van der Waals surface area (Å²) in [6, 6.07) is 16.4. The minimum Gasteiger partial charge on any atom is -0.248 e. The Balaban J connectivity index is 2.12. The summed E-state index contributed by atoms with van der Waals surface area (Å²) in [4.78, 5) is 4.70.